The van der Waals surface area contributed by atoms with Crippen LogP contribution in [0.4, 0.5) is 9.59 Å². The Balaban J connectivity index is 2.74. The minimum Gasteiger partial charge on any atom is -0.488 e. The van der Waals surface area contributed by atoms with Crippen molar-refractivity contribution in [3.8, 4) is 11.5 Å². The van der Waals surface area contributed by atoms with Gasteiger partial charge in [-0.25, -0.2) is 9.59 Å². The molecule has 0 saturated heterocycles. The van der Waals surface area contributed by atoms with Gasteiger partial charge in [0.25, 0.3) is 0 Å². The Morgan fingerprint density at radius 2 is 1.13 bits per heavy atom. The van der Waals surface area contributed by atoms with E-state index in [1.165, 1.54) is 13.8 Å². The number of rotatable bonds is 25. The number of alkyl carbamates (subject to hydrolysis) is 1. The maximum Gasteiger partial charge on any atom is 0.434 e. The van der Waals surface area contributed by atoms with Gasteiger partial charge in [0.2, 0.25) is 11.8 Å². The largest absolute Gasteiger partial charge is 0.488 e. The molecule has 0 unspecified atom stereocenters. The van der Waals surface area contributed by atoms with Crippen molar-refractivity contribution in [2.75, 3.05) is 32.8 Å². The van der Waals surface area contributed by atoms with Crippen molar-refractivity contribution >= 4 is 69.3 Å². The lowest BCUT2D eigenvalue weighted by Crippen LogP contribution is -2.35. The van der Waals surface area contributed by atoms with Crippen molar-refractivity contribution < 1.29 is 47.7 Å². The number of unbranched alkanes of at least 4 members (excludes halogenated alkanes) is 3. The summed E-state index contributed by atoms with van der Waals surface area (Å²) in [4.78, 5) is 81.6. The number of nitrogens with one attached hydrogen (secondary N) is 3. The lowest BCUT2D eigenvalue weighted by Gasteiger charge is -2.19. The van der Waals surface area contributed by atoms with Gasteiger partial charge in [-0.3, -0.25) is 29.5 Å². The van der Waals surface area contributed by atoms with Crippen LogP contribution in [0.5, 0.6) is 11.5 Å². The van der Waals surface area contributed by atoms with Crippen LogP contribution >= 0.6 is 23.5 Å². The molecule has 0 aliphatic carbocycles. The molecule has 15 nitrogen and oxygen atoms in total. The Morgan fingerprint density at radius 1 is 0.661 bits per heavy atom. The lowest BCUT2D eigenvalue weighted by atomic mass is 10.0. The minimum absolute atomic E-state index is 0.0434. The summed E-state index contributed by atoms with van der Waals surface area (Å²) >= 11 is 2.31. The van der Waals surface area contributed by atoms with Crippen molar-refractivity contribution in [2.45, 2.75) is 157 Å². The predicted octanol–water partition coefficient (Wildman–Crippen LogP) is 8.97. The Hall–Kier alpha value is -4.12. The van der Waals surface area contributed by atoms with Gasteiger partial charge >= 0.3 is 12.2 Å². The zero-order valence-electron chi connectivity index (χ0n) is 39.2. The highest BCUT2D eigenvalue weighted by Crippen LogP contribution is 2.35. The van der Waals surface area contributed by atoms with E-state index in [2.05, 4.69) is 25.9 Å². The number of ether oxygens (including phenoxy) is 4. The molecule has 1 aromatic carbocycles. The first-order valence-electron chi connectivity index (χ1n) is 21.5. The number of benzene rings is 1. The summed E-state index contributed by atoms with van der Waals surface area (Å²) in [7, 11) is 0. The number of hydrogen-bond donors (Lipinski definition) is 3. The van der Waals surface area contributed by atoms with Gasteiger partial charge in [-0.1, -0.05) is 56.6 Å². The standard InChI is InChI=1S/C45H73N5O10S2/c1-30(18-14-13-15-20-32(3)49-42(55)59-44(7,8)9)40(53)47-22-24-57-38-26-36(28-61-34(5)51)37(29-62-35(6)52)27-39(38)58-25-23-48-41(54)31(2)19-16-17-21-46-33(4)50-43(56)60-45(10,11)12/h26-27,30-31H,13-25,28-29H2,1-12H3,(H,47,53)(H,48,54)(H,46,50,56)/t30-,31-/m0/s1. The molecule has 1 rings (SSSR count). The third kappa shape index (κ3) is 27.7. The Kier molecular flexibility index (Phi) is 26.4. The van der Waals surface area contributed by atoms with E-state index in [-0.39, 0.29) is 60.2 Å². The van der Waals surface area contributed by atoms with Crippen LogP contribution in [0.3, 0.4) is 0 Å². The SMILES string of the molecule is CC(=O)SCc1cc(OCCNC(=O)[C@@H](C)CCCCCC(C)=NC(=O)OC(C)(C)C)c(OCCNC(=O)[C@@H](C)CCCCN=C(C)NC(=O)OC(C)(C)C)cc1CSC(C)=O. The Bertz CT molecular complexity index is 1690. The fourth-order valence-corrected chi connectivity index (χ4v) is 6.84. The third-order valence-electron chi connectivity index (χ3n) is 8.77. The van der Waals surface area contributed by atoms with E-state index in [9.17, 15) is 28.8 Å². The predicted molar refractivity (Wildman–Crippen MR) is 249 cm³/mol. The van der Waals surface area contributed by atoms with E-state index in [4.69, 9.17) is 18.9 Å². The van der Waals surface area contributed by atoms with E-state index in [1.54, 1.807) is 48.5 Å². The molecule has 0 aliphatic rings. The molecule has 62 heavy (non-hydrogen) atoms. The topological polar surface area (TPSA) is 200 Å². The van der Waals surface area contributed by atoms with E-state index >= 15 is 0 Å². The van der Waals surface area contributed by atoms with E-state index < -0.39 is 23.4 Å². The number of hydrogen-bond acceptors (Lipinski definition) is 13. The average Bonchev–Trinajstić information content (AvgIpc) is 3.14. The zero-order chi connectivity index (χ0) is 46.9. The molecule has 4 amide bonds. The fourth-order valence-electron chi connectivity index (χ4n) is 5.58. The van der Waals surface area contributed by atoms with Crippen molar-refractivity contribution in [3.63, 3.8) is 0 Å². The summed E-state index contributed by atoms with van der Waals surface area (Å²) in [5, 5.41) is 8.41. The summed E-state index contributed by atoms with van der Waals surface area (Å²) < 4.78 is 22.8. The number of amides is 4. The van der Waals surface area contributed by atoms with Crippen molar-refractivity contribution in [1.82, 2.24) is 16.0 Å². The molecule has 1 aromatic rings. The summed E-state index contributed by atoms with van der Waals surface area (Å²) in [6.45, 7) is 22.4. The van der Waals surface area contributed by atoms with Crippen LogP contribution in [0.25, 0.3) is 0 Å². The van der Waals surface area contributed by atoms with Crippen LogP contribution in [-0.2, 0) is 40.2 Å². The summed E-state index contributed by atoms with van der Waals surface area (Å²) in [6.07, 6.45) is 5.06. The first-order valence-corrected chi connectivity index (χ1v) is 23.4. The second kappa shape index (κ2) is 29.3. The highest BCUT2D eigenvalue weighted by molar-refractivity contribution is 8.13. The molecule has 0 aliphatic heterocycles. The third-order valence-corrected chi connectivity index (χ3v) is 10.5. The molecule has 0 radical (unpaired) electrons. The molecule has 0 fully saturated rings. The molecule has 0 saturated carbocycles. The van der Waals surface area contributed by atoms with Crippen LogP contribution in [0, 0.1) is 11.8 Å². The molecule has 0 bridgehead atoms. The molecular weight excluding hydrogens is 835 g/mol. The van der Waals surface area contributed by atoms with Crippen LogP contribution < -0.4 is 25.4 Å². The molecule has 350 valence electrons. The number of aliphatic imine (C=N–C) groups is 2. The van der Waals surface area contributed by atoms with Crippen LogP contribution in [0.1, 0.15) is 146 Å². The van der Waals surface area contributed by atoms with Crippen molar-refractivity contribution in [2.24, 2.45) is 21.8 Å². The van der Waals surface area contributed by atoms with Gasteiger partial charge in [-0.05, 0) is 111 Å². The quantitative estimate of drug-likeness (QED) is 0.0479. The summed E-state index contributed by atoms with van der Waals surface area (Å²) in [5.41, 5.74) is 1.19. The van der Waals surface area contributed by atoms with Crippen molar-refractivity contribution in [1.29, 1.82) is 0 Å². The molecule has 2 atom stereocenters. The van der Waals surface area contributed by atoms with E-state index in [0.717, 1.165) is 72.5 Å². The maximum absolute atomic E-state index is 12.9. The monoisotopic (exact) mass is 907 g/mol. The smallest absolute Gasteiger partial charge is 0.434 e. The highest BCUT2D eigenvalue weighted by Gasteiger charge is 2.19. The second-order valence-electron chi connectivity index (χ2n) is 17.2. The number of carbonyl (C=O) groups is 6. The van der Waals surface area contributed by atoms with Gasteiger partial charge in [0.15, 0.2) is 21.7 Å². The van der Waals surface area contributed by atoms with Crippen LogP contribution in [-0.4, -0.2) is 89.8 Å². The van der Waals surface area contributed by atoms with Gasteiger partial charge in [0, 0.05) is 49.4 Å². The second-order valence-corrected chi connectivity index (χ2v) is 19.5. The molecule has 0 spiro atoms. The highest BCUT2D eigenvalue weighted by atomic mass is 32.2. The number of nitrogens with zero attached hydrogens (tertiary/aromatic N) is 2. The number of thioether (sulfide) groups is 2. The number of carbonyl (C=O) groups excluding carboxylic acids is 6. The lowest BCUT2D eigenvalue weighted by molar-refractivity contribution is -0.125. The molecular formula is C45H73N5O10S2. The molecule has 0 heterocycles. The van der Waals surface area contributed by atoms with Gasteiger partial charge in [-0.15, -0.1) is 0 Å². The first kappa shape index (κ1) is 55.9. The van der Waals surface area contributed by atoms with Crippen LogP contribution in [0.15, 0.2) is 22.1 Å². The molecule has 0 aromatic heterocycles. The van der Waals surface area contributed by atoms with E-state index in [1.807, 2.05) is 32.9 Å². The fraction of sp³-hybridized carbons (Fsp3) is 0.689. The molecule has 17 heteroatoms. The minimum atomic E-state index is -0.596. The van der Waals surface area contributed by atoms with Crippen molar-refractivity contribution in [3.05, 3.63) is 23.3 Å². The first-order chi connectivity index (χ1) is 29.0. The number of amidine groups is 1. The Morgan fingerprint density at radius 3 is 1.58 bits per heavy atom. The van der Waals surface area contributed by atoms with Gasteiger partial charge in [0.1, 0.15) is 30.3 Å². The zero-order valence-corrected chi connectivity index (χ0v) is 40.8. The summed E-state index contributed by atoms with van der Waals surface area (Å²) in [5.74, 6) is 1.47. The van der Waals surface area contributed by atoms with Gasteiger partial charge in [-0.2, -0.15) is 4.99 Å². The summed E-state index contributed by atoms with van der Waals surface area (Å²) in [6, 6.07) is 3.62. The molecule has 3 N–H and O–H groups in total. The normalized spacial score (nSPS) is 13.1. The average molecular weight is 908 g/mol. The van der Waals surface area contributed by atoms with E-state index in [0.29, 0.717) is 54.6 Å². The Labute approximate surface area is 378 Å². The van der Waals surface area contributed by atoms with Gasteiger partial charge < -0.3 is 29.6 Å². The van der Waals surface area contributed by atoms with Crippen LogP contribution in [0.2, 0.25) is 0 Å². The maximum atomic E-state index is 12.9. The van der Waals surface area contributed by atoms with Gasteiger partial charge in [0.05, 0.1) is 13.1 Å².